The minimum Gasteiger partial charge on any atom is -0.368 e. The molecule has 0 aliphatic rings. The van der Waals surface area contributed by atoms with E-state index in [0.29, 0.717) is 17.4 Å². The Balaban J connectivity index is 2.24. The second kappa shape index (κ2) is 5.91. The van der Waals surface area contributed by atoms with E-state index >= 15 is 0 Å². The number of halogens is 1. The standard InChI is InChI=1S/C14H17ClN4/c1-10-5-3-4-6-13(10)19(2)9-12-11(15)7-8-14(17-12)18-16/h3-8H,9,16H2,1-2H3,(H,17,18). The van der Waals surface area contributed by atoms with Crippen LogP contribution in [0.2, 0.25) is 5.02 Å². The highest BCUT2D eigenvalue weighted by Crippen LogP contribution is 2.23. The Morgan fingerprint density at radius 1 is 1.26 bits per heavy atom. The number of rotatable bonds is 4. The van der Waals surface area contributed by atoms with Crippen LogP contribution in [0.4, 0.5) is 11.5 Å². The van der Waals surface area contributed by atoms with E-state index in [1.54, 1.807) is 12.1 Å². The van der Waals surface area contributed by atoms with Gasteiger partial charge in [-0.1, -0.05) is 29.8 Å². The quantitative estimate of drug-likeness (QED) is 0.666. The van der Waals surface area contributed by atoms with Gasteiger partial charge < -0.3 is 10.3 Å². The molecule has 0 fully saturated rings. The first-order valence-electron chi connectivity index (χ1n) is 6.00. The lowest BCUT2D eigenvalue weighted by Crippen LogP contribution is -2.19. The van der Waals surface area contributed by atoms with E-state index in [9.17, 15) is 0 Å². The molecule has 0 aliphatic carbocycles. The maximum atomic E-state index is 6.17. The number of aromatic nitrogens is 1. The Morgan fingerprint density at radius 2 is 2.00 bits per heavy atom. The normalized spacial score (nSPS) is 10.3. The van der Waals surface area contributed by atoms with Crippen LogP contribution in [0.15, 0.2) is 36.4 Å². The summed E-state index contributed by atoms with van der Waals surface area (Å²) >= 11 is 6.17. The molecule has 0 atom stereocenters. The van der Waals surface area contributed by atoms with Crippen LogP contribution >= 0.6 is 11.6 Å². The molecule has 0 spiro atoms. The number of benzene rings is 1. The highest BCUT2D eigenvalue weighted by Gasteiger charge is 2.09. The monoisotopic (exact) mass is 276 g/mol. The molecule has 3 N–H and O–H groups in total. The molecule has 4 nitrogen and oxygen atoms in total. The number of hydrazine groups is 1. The molecule has 19 heavy (non-hydrogen) atoms. The van der Waals surface area contributed by atoms with Crippen molar-refractivity contribution >= 4 is 23.1 Å². The molecule has 5 heteroatoms. The van der Waals surface area contributed by atoms with E-state index in [-0.39, 0.29) is 0 Å². The third-order valence-corrected chi connectivity index (χ3v) is 3.32. The van der Waals surface area contributed by atoms with Gasteiger partial charge in [-0.3, -0.25) is 0 Å². The van der Waals surface area contributed by atoms with E-state index in [0.717, 1.165) is 11.4 Å². The maximum Gasteiger partial charge on any atom is 0.140 e. The summed E-state index contributed by atoms with van der Waals surface area (Å²) in [6.45, 7) is 2.71. The molecule has 2 rings (SSSR count). The van der Waals surface area contributed by atoms with Crippen LogP contribution in [0.1, 0.15) is 11.3 Å². The molecule has 1 heterocycles. The number of para-hydroxylation sites is 1. The van der Waals surface area contributed by atoms with E-state index in [4.69, 9.17) is 17.4 Å². The third kappa shape index (κ3) is 3.16. The van der Waals surface area contributed by atoms with Crippen molar-refractivity contribution in [2.75, 3.05) is 17.4 Å². The van der Waals surface area contributed by atoms with Crippen molar-refractivity contribution < 1.29 is 0 Å². The van der Waals surface area contributed by atoms with Gasteiger partial charge in [0.2, 0.25) is 0 Å². The molecule has 2 aromatic rings. The first-order valence-corrected chi connectivity index (χ1v) is 6.38. The van der Waals surface area contributed by atoms with Crippen LogP contribution in [0.25, 0.3) is 0 Å². The predicted octanol–water partition coefficient (Wildman–Crippen LogP) is 2.97. The molecule has 0 saturated carbocycles. The fraction of sp³-hybridized carbons (Fsp3) is 0.214. The van der Waals surface area contributed by atoms with Crippen molar-refractivity contribution in [3.63, 3.8) is 0 Å². The van der Waals surface area contributed by atoms with Gasteiger partial charge in [-0.05, 0) is 30.7 Å². The highest BCUT2D eigenvalue weighted by molar-refractivity contribution is 6.31. The number of nitrogen functional groups attached to an aromatic ring is 1. The minimum absolute atomic E-state index is 0.609. The SMILES string of the molecule is Cc1ccccc1N(C)Cc1nc(NN)ccc1Cl. The Labute approximate surface area is 118 Å². The molecule has 0 amide bonds. The Hall–Kier alpha value is -1.78. The number of nitrogens with zero attached hydrogens (tertiary/aromatic N) is 2. The molecule has 0 saturated heterocycles. The zero-order valence-corrected chi connectivity index (χ0v) is 11.8. The lowest BCUT2D eigenvalue weighted by molar-refractivity contribution is 0.881. The average molecular weight is 277 g/mol. The fourth-order valence-corrected chi connectivity index (χ4v) is 2.14. The summed E-state index contributed by atoms with van der Waals surface area (Å²) in [5.74, 6) is 5.97. The molecule has 100 valence electrons. The van der Waals surface area contributed by atoms with Crippen LogP contribution < -0.4 is 16.2 Å². The molecular weight excluding hydrogens is 260 g/mol. The van der Waals surface area contributed by atoms with Gasteiger partial charge in [-0.2, -0.15) is 0 Å². The molecule has 0 bridgehead atoms. The summed E-state index contributed by atoms with van der Waals surface area (Å²) in [6, 6.07) is 11.7. The number of nitrogens with two attached hydrogens (primary N) is 1. The first-order chi connectivity index (χ1) is 9.11. The third-order valence-electron chi connectivity index (χ3n) is 2.98. The van der Waals surface area contributed by atoms with Crippen LogP contribution in [-0.4, -0.2) is 12.0 Å². The highest BCUT2D eigenvalue weighted by atomic mass is 35.5. The van der Waals surface area contributed by atoms with Crippen molar-refractivity contribution in [2.24, 2.45) is 5.84 Å². The van der Waals surface area contributed by atoms with Crippen molar-refractivity contribution in [1.82, 2.24) is 4.98 Å². The number of pyridine rings is 1. The maximum absolute atomic E-state index is 6.17. The largest absolute Gasteiger partial charge is 0.368 e. The van der Waals surface area contributed by atoms with Gasteiger partial charge in [0.25, 0.3) is 0 Å². The summed E-state index contributed by atoms with van der Waals surface area (Å²) < 4.78 is 0. The topological polar surface area (TPSA) is 54.2 Å². The van der Waals surface area contributed by atoms with Crippen molar-refractivity contribution in [1.29, 1.82) is 0 Å². The van der Waals surface area contributed by atoms with Gasteiger partial charge >= 0.3 is 0 Å². The Morgan fingerprint density at radius 3 is 2.68 bits per heavy atom. The van der Waals surface area contributed by atoms with Crippen molar-refractivity contribution in [2.45, 2.75) is 13.5 Å². The van der Waals surface area contributed by atoms with E-state index in [1.165, 1.54) is 5.56 Å². The van der Waals surface area contributed by atoms with Crippen molar-refractivity contribution in [3.8, 4) is 0 Å². The average Bonchev–Trinajstić information content (AvgIpc) is 2.41. The summed E-state index contributed by atoms with van der Waals surface area (Å²) in [4.78, 5) is 6.49. The summed E-state index contributed by atoms with van der Waals surface area (Å²) in [5.41, 5.74) is 5.70. The lowest BCUT2D eigenvalue weighted by Gasteiger charge is -2.21. The van der Waals surface area contributed by atoms with Gasteiger partial charge in [-0.15, -0.1) is 0 Å². The lowest BCUT2D eigenvalue weighted by atomic mass is 10.2. The molecule has 0 radical (unpaired) electrons. The zero-order valence-electron chi connectivity index (χ0n) is 11.0. The van der Waals surface area contributed by atoms with Gasteiger partial charge in [0, 0.05) is 12.7 Å². The zero-order chi connectivity index (χ0) is 13.8. The van der Waals surface area contributed by atoms with E-state index in [2.05, 4.69) is 34.4 Å². The smallest absolute Gasteiger partial charge is 0.140 e. The number of anilines is 2. The predicted molar refractivity (Wildman–Crippen MR) is 80.3 cm³/mol. The molecule has 1 aromatic heterocycles. The Bertz CT molecular complexity index is 571. The van der Waals surface area contributed by atoms with Crippen molar-refractivity contribution in [3.05, 3.63) is 52.7 Å². The van der Waals surface area contributed by atoms with Crippen LogP contribution in [-0.2, 0) is 6.54 Å². The van der Waals surface area contributed by atoms with Gasteiger partial charge in [0.15, 0.2) is 0 Å². The number of hydrogen-bond acceptors (Lipinski definition) is 4. The van der Waals surface area contributed by atoms with Gasteiger partial charge in [-0.25, -0.2) is 10.8 Å². The molecule has 0 unspecified atom stereocenters. The van der Waals surface area contributed by atoms with Gasteiger partial charge in [0.05, 0.1) is 17.3 Å². The molecular formula is C14H17ClN4. The van der Waals surface area contributed by atoms with Crippen LogP contribution in [0, 0.1) is 6.92 Å². The molecule has 1 aromatic carbocycles. The second-order valence-corrected chi connectivity index (χ2v) is 4.82. The summed E-state index contributed by atoms with van der Waals surface area (Å²) in [7, 11) is 2.02. The summed E-state index contributed by atoms with van der Waals surface area (Å²) in [5, 5.41) is 0.638. The number of hydrogen-bond donors (Lipinski definition) is 2. The van der Waals surface area contributed by atoms with E-state index < -0.39 is 0 Å². The summed E-state index contributed by atoms with van der Waals surface area (Å²) in [6.07, 6.45) is 0. The van der Waals surface area contributed by atoms with E-state index in [1.807, 2.05) is 19.2 Å². The molecule has 0 aliphatic heterocycles. The number of aryl methyl sites for hydroxylation is 1. The minimum atomic E-state index is 0.609. The Kier molecular flexibility index (Phi) is 4.24. The fourth-order valence-electron chi connectivity index (χ4n) is 1.98. The number of nitrogens with one attached hydrogen (secondary N) is 1. The second-order valence-electron chi connectivity index (χ2n) is 4.41. The van der Waals surface area contributed by atoms with Crippen LogP contribution in [0.5, 0.6) is 0 Å². The van der Waals surface area contributed by atoms with Crippen LogP contribution in [0.3, 0.4) is 0 Å². The van der Waals surface area contributed by atoms with Gasteiger partial charge in [0.1, 0.15) is 5.82 Å². The first kappa shape index (κ1) is 13.6.